The Hall–Kier alpha value is -1.66. The molecule has 0 spiro atoms. The monoisotopic (exact) mass is 358 g/mol. The zero-order chi connectivity index (χ0) is 15.6. The third-order valence-electron chi connectivity index (χ3n) is 2.84. The molecule has 0 fully saturated rings. The van der Waals surface area contributed by atoms with E-state index in [0.717, 1.165) is 6.07 Å². The van der Waals surface area contributed by atoms with E-state index in [-0.39, 0.29) is 11.5 Å². The molecule has 0 saturated heterocycles. The normalized spacial score (nSPS) is 12.1. The fourth-order valence-electron chi connectivity index (χ4n) is 1.93. The Balaban J connectivity index is 2.50. The maximum atomic E-state index is 13.8. The van der Waals surface area contributed by atoms with Crippen LogP contribution in [0, 0.1) is 11.6 Å². The molecule has 2 rings (SSSR count). The molecule has 112 valence electrons. The Kier molecular flexibility index (Phi) is 4.80. The minimum atomic E-state index is -1.10. The molecular formula is C15H13BrF2O3. The minimum absolute atomic E-state index is 0.195. The smallest absolute Gasteiger partial charge is 0.201 e. The van der Waals surface area contributed by atoms with Crippen molar-refractivity contribution < 1.29 is 23.4 Å². The molecule has 0 aliphatic carbocycles. The second-order valence-corrected chi connectivity index (χ2v) is 5.27. The first kappa shape index (κ1) is 15.7. The molecule has 2 aromatic rings. The summed E-state index contributed by atoms with van der Waals surface area (Å²) in [6.07, 6.45) is -0.892. The van der Waals surface area contributed by atoms with Crippen LogP contribution in [-0.4, -0.2) is 12.2 Å². The number of methoxy groups -OCH3 is 1. The highest BCUT2D eigenvalue weighted by Crippen LogP contribution is 2.38. The van der Waals surface area contributed by atoms with E-state index in [2.05, 4.69) is 15.9 Å². The second kappa shape index (κ2) is 6.41. The molecular weight excluding hydrogens is 346 g/mol. The van der Waals surface area contributed by atoms with E-state index in [1.807, 2.05) is 0 Å². The van der Waals surface area contributed by atoms with Crippen LogP contribution in [0.2, 0.25) is 0 Å². The summed E-state index contributed by atoms with van der Waals surface area (Å²) in [7, 11) is 1.45. The molecule has 0 amide bonds. The van der Waals surface area contributed by atoms with Crippen LogP contribution in [0.25, 0.3) is 0 Å². The highest BCUT2D eigenvalue weighted by atomic mass is 79.9. The molecule has 1 N–H and O–H groups in total. The van der Waals surface area contributed by atoms with Gasteiger partial charge in [-0.15, -0.1) is 0 Å². The second-order valence-electron chi connectivity index (χ2n) is 4.35. The van der Waals surface area contributed by atoms with Gasteiger partial charge < -0.3 is 14.6 Å². The predicted octanol–water partition coefficient (Wildman–Crippen LogP) is 4.58. The van der Waals surface area contributed by atoms with Gasteiger partial charge in [0.05, 0.1) is 18.8 Å². The van der Waals surface area contributed by atoms with Gasteiger partial charge in [0.1, 0.15) is 11.5 Å². The summed E-state index contributed by atoms with van der Waals surface area (Å²) in [6, 6.07) is 7.13. The van der Waals surface area contributed by atoms with Crippen molar-refractivity contribution in [3.8, 4) is 17.2 Å². The molecule has 1 unspecified atom stereocenters. The number of halogens is 3. The van der Waals surface area contributed by atoms with E-state index < -0.39 is 17.7 Å². The highest BCUT2D eigenvalue weighted by Gasteiger charge is 2.18. The fraction of sp³-hybridized carbons (Fsp3) is 0.200. The number of rotatable bonds is 4. The van der Waals surface area contributed by atoms with Crippen LogP contribution in [-0.2, 0) is 0 Å². The fourth-order valence-corrected chi connectivity index (χ4v) is 2.34. The minimum Gasteiger partial charge on any atom is -0.496 e. The molecule has 6 heteroatoms. The zero-order valence-corrected chi connectivity index (χ0v) is 12.9. The van der Waals surface area contributed by atoms with Crippen molar-refractivity contribution in [2.45, 2.75) is 13.0 Å². The lowest BCUT2D eigenvalue weighted by Crippen LogP contribution is -2.01. The lowest BCUT2D eigenvalue weighted by molar-refractivity contribution is 0.190. The lowest BCUT2D eigenvalue weighted by Gasteiger charge is -2.17. The van der Waals surface area contributed by atoms with E-state index in [9.17, 15) is 13.9 Å². The molecule has 0 aliphatic heterocycles. The average Bonchev–Trinajstić information content (AvgIpc) is 2.43. The molecule has 2 aromatic carbocycles. The molecule has 0 bridgehead atoms. The SMILES string of the molecule is COc1cccc(Oc2cc(Br)cc(F)c2F)c1C(C)O. The van der Waals surface area contributed by atoms with E-state index in [0.29, 0.717) is 15.8 Å². The van der Waals surface area contributed by atoms with Crippen LogP contribution in [0.15, 0.2) is 34.8 Å². The first-order valence-electron chi connectivity index (χ1n) is 6.11. The summed E-state index contributed by atoms with van der Waals surface area (Å²) >= 11 is 3.08. The van der Waals surface area contributed by atoms with Gasteiger partial charge in [0.15, 0.2) is 11.6 Å². The van der Waals surface area contributed by atoms with Gasteiger partial charge in [-0.25, -0.2) is 4.39 Å². The Bertz CT molecular complexity index is 660. The molecule has 0 saturated carbocycles. The zero-order valence-electron chi connectivity index (χ0n) is 11.4. The largest absolute Gasteiger partial charge is 0.496 e. The Labute approximate surface area is 129 Å². The maximum Gasteiger partial charge on any atom is 0.201 e. The summed E-state index contributed by atoms with van der Waals surface area (Å²) in [6.45, 7) is 1.53. The van der Waals surface area contributed by atoms with Gasteiger partial charge in [0, 0.05) is 4.47 Å². The number of ether oxygens (including phenoxy) is 2. The number of aliphatic hydroxyl groups excluding tert-OH is 1. The molecule has 1 atom stereocenters. The van der Waals surface area contributed by atoms with Crippen LogP contribution >= 0.6 is 15.9 Å². The summed E-state index contributed by atoms with van der Waals surface area (Å²) < 4.78 is 38.1. The predicted molar refractivity (Wildman–Crippen MR) is 77.8 cm³/mol. The third kappa shape index (κ3) is 3.33. The third-order valence-corrected chi connectivity index (χ3v) is 3.30. The van der Waals surface area contributed by atoms with Crippen molar-refractivity contribution in [3.63, 3.8) is 0 Å². The Morgan fingerprint density at radius 1 is 1.14 bits per heavy atom. The summed E-state index contributed by atoms with van der Waals surface area (Å²) in [5, 5.41) is 9.84. The molecule has 21 heavy (non-hydrogen) atoms. The van der Waals surface area contributed by atoms with Crippen molar-refractivity contribution in [1.29, 1.82) is 0 Å². The number of aliphatic hydroxyl groups is 1. The van der Waals surface area contributed by atoms with E-state index in [1.165, 1.54) is 20.1 Å². The summed E-state index contributed by atoms with van der Waals surface area (Å²) in [5.74, 6) is -1.81. The van der Waals surface area contributed by atoms with Crippen LogP contribution in [0.5, 0.6) is 17.2 Å². The van der Waals surface area contributed by atoms with Crippen molar-refractivity contribution in [2.24, 2.45) is 0 Å². The standard InChI is InChI=1S/C15H13BrF2O3/c1-8(19)14-11(20-2)4-3-5-12(14)21-13-7-9(16)6-10(17)15(13)18/h3-8,19H,1-2H3. The Morgan fingerprint density at radius 3 is 2.43 bits per heavy atom. The quantitative estimate of drug-likeness (QED) is 0.812. The van der Waals surface area contributed by atoms with Crippen molar-refractivity contribution >= 4 is 15.9 Å². The number of benzene rings is 2. The van der Waals surface area contributed by atoms with Gasteiger partial charge >= 0.3 is 0 Å². The van der Waals surface area contributed by atoms with E-state index >= 15 is 0 Å². The van der Waals surface area contributed by atoms with Crippen LogP contribution < -0.4 is 9.47 Å². The number of hydrogen-bond donors (Lipinski definition) is 1. The van der Waals surface area contributed by atoms with Gasteiger partial charge in [-0.3, -0.25) is 0 Å². The van der Waals surface area contributed by atoms with Crippen LogP contribution in [0.4, 0.5) is 8.78 Å². The number of hydrogen-bond acceptors (Lipinski definition) is 3. The average molecular weight is 359 g/mol. The lowest BCUT2D eigenvalue weighted by atomic mass is 10.1. The van der Waals surface area contributed by atoms with E-state index in [4.69, 9.17) is 9.47 Å². The molecule has 0 aliphatic rings. The maximum absolute atomic E-state index is 13.8. The van der Waals surface area contributed by atoms with Crippen LogP contribution in [0.1, 0.15) is 18.6 Å². The molecule has 0 radical (unpaired) electrons. The first-order chi connectivity index (χ1) is 9.93. The van der Waals surface area contributed by atoms with Gasteiger partial charge in [0.2, 0.25) is 5.82 Å². The molecule has 0 aromatic heterocycles. The van der Waals surface area contributed by atoms with Gasteiger partial charge in [-0.2, -0.15) is 4.39 Å². The van der Waals surface area contributed by atoms with E-state index in [1.54, 1.807) is 18.2 Å². The van der Waals surface area contributed by atoms with Crippen molar-refractivity contribution in [3.05, 3.63) is 52.0 Å². The summed E-state index contributed by atoms with van der Waals surface area (Å²) in [4.78, 5) is 0. The topological polar surface area (TPSA) is 38.7 Å². The van der Waals surface area contributed by atoms with Gasteiger partial charge in [-0.1, -0.05) is 22.0 Å². The van der Waals surface area contributed by atoms with Gasteiger partial charge in [0.25, 0.3) is 0 Å². The Morgan fingerprint density at radius 2 is 1.81 bits per heavy atom. The van der Waals surface area contributed by atoms with Crippen molar-refractivity contribution in [1.82, 2.24) is 0 Å². The van der Waals surface area contributed by atoms with Crippen LogP contribution in [0.3, 0.4) is 0 Å². The first-order valence-corrected chi connectivity index (χ1v) is 6.90. The molecule has 3 nitrogen and oxygen atoms in total. The van der Waals surface area contributed by atoms with Gasteiger partial charge in [-0.05, 0) is 31.2 Å². The molecule has 0 heterocycles. The van der Waals surface area contributed by atoms with Crippen molar-refractivity contribution in [2.75, 3.05) is 7.11 Å². The highest BCUT2D eigenvalue weighted by molar-refractivity contribution is 9.10. The summed E-state index contributed by atoms with van der Waals surface area (Å²) in [5.41, 5.74) is 0.361.